The van der Waals surface area contributed by atoms with Gasteiger partial charge in [-0.1, -0.05) is 30.3 Å². The van der Waals surface area contributed by atoms with Crippen molar-refractivity contribution in [1.29, 1.82) is 0 Å². The molecule has 1 amide bonds. The smallest absolute Gasteiger partial charge is 0.217 e. The average molecular weight is 401 g/mol. The van der Waals surface area contributed by atoms with Gasteiger partial charge in [-0.2, -0.15) is 0 Å². The molecule has 3 aromatic rings. The van der Waals surface area contributed by atoms with Crippen LogP contribution in [-0.4, -0.2) is 23.4 Å². The van der Waals surface area contributed by atoms with E-state index in [1.54, 1.807) is 41.8 Å². The normalized spacial score (nSPS) is 12.6. The molecule has 1 aromatic carbocycles. The maximum absolute atomic E-state index is 14.1. The topological polar surface area (TPSA) is 106 Å². The summed E-state index contributed by atoms with van der Waals surface area (Å²) in [6.07, 6.45) is -1.22. The van der Waals surface area contributed by atoms with Crippen molar-refractivity contribution >= 4 is 28.3 Å². The Hall–Kier alpha value is -3.20. The number of carbonyl (C=O) groups excluding carboxylic acids is 1. The van der Waals surface area contributed by atoms with Crippen molar-refractivity contribution < 1.29 is 13.6 Å². The minimum absolute atomic E-state index is 0.0776. The van der Waals surface area contributed by atoms with Crippen LogP contribution >= 0.6 is 11.3 Å². The maximum atomic E-state index is 14.1. The van der Waals surface area contributed by atoms with Gasteiger partial charge in [-0.05, 0) is 17.7 Å². The van der Waals surface area contributed by atoms with Crippen LogP contribution in [0.3, 0.4) is 0 Å². The van der Waals surface area contributed by atoms with Crippen LogP contribution in [0.2, 0.25) is 0 Å². The monoisotopic (exact) mass is 401 g/mol. The molecule has 0 saturated heterocycles. The Bertz CT molecular complexity index is 954. The number of aromatic nitrogens is 1. The third-order valence-electron chi connectivity index (χ3n) is 3.75. The number of hydrogen-bond donors (Lipinski definition) is 3. The summed E-state index contributed by atoms with van der Waals surface area (Å²) in [6.45, 7) is 1.68. The quantitative estimate of drug-likeness (QED) is 0.415. The van der Waals surface area contributed by atoms with Gasteiger partial charge in [-0.3, -0.25) is 4.79 Å². The van der Waals surface area contributed by atoms with E-state index < -0.39 is 6.17 Å². The number of furan rings is 1. The van der Waals surface area contributed by atoms with Gasteiger partial charge in [0.25, 0.3) is 0 Å². The molecule has 0 radical (unpaired) electrons. The lowest BCUT2D eigenvalue weighted by Gasteiger charge is -2.06. The Morgan fingerprint density at radius 1 is 1.32 bits per heavy atom. The second kappa shape index (κ2) is 9.14. The highest BCUT2D eigenvalue weighted by Crippen LogP contribution is 2.26. The first-order chi connectivity index (χ1) is 13.5. The molecule has 2 aromatic heterocycles. The second-order valence-electron chi connectivity index (χ2n) is 5.94. The number of rotatable bonds is 7. The van der Waals surface area contributed by atoms with E-state index in [2.05, 4.69) is 20.6 Å². The van der Waals surface area contributed by atoms with Crippen molar-refractivity contribution in [3.05, 3.63) is 59.2 Å². The number of alkyl halides is 1. The first-order valence-electron chi connectivity index (χ1n) is 8.56. The number of aliphatic imine (C=N–C) groups is 1. The highest BCUT2D eigenvalue weighted by molar-refractivity contribution is 7.14. The van der Waals surface area contributed by atoms with Gasteiger partial charge in [-0.15, -0.1) is 11.3 Å². The number of anilines is 1. The fourth-order valence-corrected chi connectivity index (χ4v) is 3.07. The van der Waals surface area contributed by atoms with E-state index >= 15 is 0 Å². The first kappa shape index (κ1) is 19.6. The van der Waals surface area contributed by atoms with Gasteiger partial charge < -0.3 is 20.8 Å². The zero-order valence-electron chi connectivity index (χ0n) is 15.2. The second-order valence-corrected chi connectivity index (χ2v) is 6.80. The Morgan fingerprint density at radius 2 is 2.11 bits per heavy atom. The highest BCUT2D eigenvalue weighted by Gasteiger charge is 2.11. The van der Waals surface area contributed by atoms with Gasteiger partial charge >= 0.3 is 0 Å². The summed E-state index contributed by atoms with van der Waals surface area (Å²) in [6, 6.07) is 12.4. The van der Waals surface area contributed by atoms with Crippen LogP contribution in [0.5, 0.6) is 0 Å². The third-order valence-corrected chi connectivity index (χ3v) is 4.51. The van der Waals surface area contributed by atoms with Crippen molar-refractivity contribution in [1.82, 2.24) is 10.3 Å². The number of halogens is 1. The van der Waals surface area contributed by atoms with Gasteiger partial charge in [0, 0.05) is 12.3 Å². The molecule has 3 rings (SSSR count). The van der Waals surface area contributed by atoms with E-state index in [9.17, 15) is 9.18 Å². The molecule has 9 heteroatoms. The number of carbonyl (C=O) groups is 1. The summed E-state index contributed by atoms with van der Waals surface area (Å²) < 4.78 is 19.8. The molecule has 28 heavy (non-hydrogen) atoms. The van der Waals surface area contributed by atoms with Crippen molar-refractivity contribution in [2.45, 2.75) is 19.6 Å². The molecule has 1 unspecified atom stereocenters. The fourth-order valence-electron chi connectivity index (χ4n) is 2.36. The van der Waals surface area contributed by atoms with Crippen molar-refractivity contribution in [3.63, 3.8) is 0 Å². The van der Waals surface area contributed by atoms with Gasteiger partial charge in [-0.25, -0.2) is 14.4 Å². The summed E-state index contributed by atoms with van der Waals surface area (Å²) in [5.41, 5.74) is 7.01. The molecular weight excluding hydrogens is 381 g/mol. The van der Waals surface area contributed by atoms with Gasteiger partial charge in [0.15, 0.2) is 16.9 Å². The van der Waals surface area contributed by atoms with Crippen LogP contribution in [0.25, 0.3) is 11.5 Å². The Kier molecular flexibility index (Phi) is 6.38. The van der Waals surface area contributed by atoms with Crippen LogP contribution in [0.15, 0.2) is 57.3 Å². The van der Waals surface area contributed by atoms with E-state index in [1.807, 2.05) is 6.07 Å². The number of nitrogens with two attached hydrogens (primary N) is 1. The number of benzene rings is 1. The third kappa shape index (κ3) is 5.40. The van der Waals surface area contributed by atoms with Crippen LogP contribution < -0.4 is 16.4 Å². The van der Waals surface area contributed by atoms with Crippen LogP contribution in [-0.2, 0) is 11.3 Å². The van der Waals surface area contributed by atoms with E-state index in [-0.39, 0.29) is 18.4 Å². The maximum Gasteiger partial charge on any atom is 0.217 e. The Morgan fingerprint density at radius 3 is 2.86 bits per heavy atom. The molecule has 2 heterocycles. The molecule has 0 aliphatic carbocycles. The molecule has 0 saturated carbocycles. The van der Waals surface area contributed by atoms with Crippen molar-refractivity contribution in [3.8, 4) is 11.5 Å². The Balaban J connectivity index is 1.57. The van der Waals surface area contributed by atoms with Gasteiger partial charge in [0.2, 0.25) is 5.91 Å². The fraction of sp³-hybridized carbons (Fsp3) is 0.211. The molecule has 0 aliphatic rings. The molecular formula is C19H20FN5O2S. The molecule has 0 fully saturated rings. The van der Waals surface area contributed by atoms with Crippen LogP contribution in [0, 0.1) is 0 Å². The largest absolute Gasteiger partial charge is 0.458 e. The lowest BCUT2D eigenvalue weighted by Crippen LogP contribution is -2.23. The molecule has 0 spiro atoms. The minimum Gasteiger partial charge on any atom is -0.458 e. The molecule has 0 bridgehead atoms. The first-order valence-corrected chi connectivity index (χ1v) is 9.44. The number of guanidine groups is 1. The highest BCUT2D eigenvalue weighted by atomic mass is 32.1. The SMILES string of the molecule is CC(=O)NCc1ccc(-c2csc(NC(N)=NCC(F)c3ccccc3)n2)o1. The summed E-state index contributed by atoms with van der Waals surface area (Å²) >= 11 is 1.32. The van der Waals surface area contributed by atoms with E-state index in [1.165, 1.54) is 18.3 Å². The van der Waals surface area contributed by atoms with Crippen LogP contribution in [0.4, 0.5) is 9.52 Å². The number of amides is 1. The number of nitrogens with zero attached hydrogens (tertiary/aromatic N) is 2. The molecule has 1 atom stereocenters. The van der Waals surface area contributed by atoms with Crippen LogP contribution in [0.1, 0.15) is 24.4 Å². The Labute approximate surface area is 165 Å². The molecule has 0 aliphatic heterocycles. The average Bonchev–Trinajstić information content (AvgIpc) is 3.34. The lowest BCUT2D eigenvalue weighted by molar-refractivity contribution is -0.119. The van der Waals surface area contributed by atoms with Gasteiger partial charge in [0.05, 0.1) is 13.1 Å². The van der Waals surface area contributed by atoms with E-state index in [0.717, 1.165) is 0 Å². The van der Waals surface area contributed by atoms with E-state index in [4.69, 9.17) is 10.2 Å². The predicted octanol–water partition coefficient (Wildman–Crippen LogP) is 3.48. The number of hydrogen-bond acceptors (Lipinski definition) is 5. The zero-order chi connectivity index (χ0) is 19.9. The summed E-state index contributed by atoms with van der Waals surface area (Å²) in [7, 11) is 0. The standard InChI is InChI=1S/C19H20FN5O2S/c1-12(26)22-9-14-7-8-17(27-14)16-11-28-19(24-16)25-18(21)23-10-15(20)13-5-3-2-4-6-13/h2-8,11,15H,9-10H2,1H3,(H,22,26)(H3,21,23,24,25). The van der Waals surface area contributed by atoms with E-state index in [0.29, 0.717) is 34.5 Å². The summed E-state index contributed by atoms with van der Waals surface area (Å²) in [5.74, 6) is 1.16. The summed E-state index contributed by atoms with van der Waals surface area (Å²) in [5, 5.41) is 7.85. The summed E-state index contributed by atoms with van der Waals surface area (Å²) in [4.78, 5) is 19.4. The van der Waals surface area contributed by atoms with Crippen molar-refractivity contribution in [2.75, 3.05) is 11.9 Å². The zero-order valence-corrected chi connectivity index (χ0v) is 16.0. The molecule has 4 N–H and O–H groups in total. The number of nitrogens with one attached hydrogen (secondary N) is 2. The van der Waals surface area contributed by atoms with Gasteiger partial charge in [0.1, 0.15) is 17.6 Å². The number of thiazole rings is 1. The molecule has 146 valence electrons. The molecule has 7 nitrogen and oxygen atoms in total. The minimum atomic E-state index is -1.22. The predicted molar refractivity (Wildman–Crippen MR) is 108 cm³/mol. The lowest BCUT2D eigenvalue weighted by atomic mass is 10.1. The van der Waals surface area contributed by atoms with Crippen molar-refractivity contribution in [2.24, 2.45) is 10.7 Å².